The Kier molecular flexibility index (Phi) is 6.93. The van der Waals surface area contributed by atoms with Crippen LogP contribution in [0.1, 0.15) is 13.3 Å². The van der Waals surface area contributed by atoms with E-state index in [1.165, 1.54) is 0 Å². The fraction of sp³-hybridized carbons (Fsp3) is 0.462. The highest BCUT2D eigenvalue weighted by molar-refractivity contribution is 9.10. The van der Waals surface area contributed by atoms with Crippen molar-refractivity contribution in [1.82, 2.24) is 5.32 Å². The van der Waals surface area contributed by atoms with Crippen molar-refractivity contribution in [3.63, 3.8) is 0 Å². The number of hydrogen-bond acceptors (Lipinski definition) is 3. The number of nitrogens with one attached hydrogen (secondary N) is 2. The molecule has 1 aromatic rings. The molecule has 0 radical (unpaired) electrons. The smallest absolute Gasteiger partial charge is 0.238 e. The van der Waals surface area contributed by atoms with E-state index in [0.717, 1.165) is 16.6 Å². The maximum atomic E-state index is 11.7. The summed E-state index contributed by atoms with van der Waals surface area (Å²) in [7, 11) is 1.67. The molecule has 1 atom stereocenters. The molecule has 0 spiro atoms. The molecule has 2 N–H and O–H groups in total. The highest BCUT2D eigenvalue weighted by Gasteiger charge is 2.05. The zero-order valence-corrected chi connectivity index (χ0v) is 12.3. The van der Waals surface area contributed by atoms with Crippen LogP contribution in [-0.4, -0.2) is 32.2 Å². The molecule has 0 aliphatic rings. The van der Waals surface area contributed by atoms with E-state index in [9.17, 15) is 4.79 Å². The van der Waals surface area contributed by atoms with Gasteiger partial charge in [-0.25, -0.2) is 0 Å². The molecule has 5 heteroatoms. The highest BCUT2D eigenvalue weighted by atomic mass is 79.9. The molecule has 0 saturated heterocycles. The Hall–Kier alpha value is -0.910. The van der Waals surface area contributed by atoms with Gasteiger partial charge < -0.3 is 15.4 Å². The number of rotatable bonds is 7. The molecule has 4 nitrogen and oxygen atoms in total. The highest BCUT2D eigenvalue weighted by Crippen LogP contribution is 2.15. The summed E-state index contributed by atoms with van der Waals surface area (Å²) in [6.45, 7) is 3.03. The molecule has 1 amide bonds. The van der Waals surface area contributed by atoms with Crippen molar-refractivity contribution in [3.8, 4) is 0 Å². The number of ether oxygens (including phenoxy) is 1. The molecule has 1 rings (SSSR count). The number of methoxy groups -OCH3 is 1. The summed E-state index contributed by atoms with van der Waals surface area (Å²) < 4.78 is 5.93. The van der Waals surface area contributed by atoms with Gasteiger partial charge in [0.2, 0.25) is 5.91 Å². The molecule has 18 heavy (non-hydrogen) atoms. The van der Waals surface area contributed by atoms with Crippen LogP contribution < -0.4 is 10.6 Å². The third kappa shape index (κ3) is 6.14. The Morgan fingerprint density at radius 3 is 2.94 bits per heavy atom. The van der Waals surface area contributed by atoms with Gasteiger partial charge in [0.15, 0.2) is 0 Å². The Balaban J connectivity index is 2.29. The van der Waals surface area contributed by atoms with E-state index in [1.54, 1.807) is 7.11 Å². The van der Waals surface area contributed by atoms with Crippen LogP contribution in [0.15, 0.2) is 28.7 Å². The summed E-state index contributed by atoms with van der Waals surface area (Å²) in [4.78, 5) is 11.7. The molecule has 0 aromatic heterocycles. The summed E-state index contributed by atoms with van der Waals surface area (Å²) in [5, 5.41) is 5.98. The molecular formula is C13H19BrN2O2. The second-order valence-electron chi connectivity index (χ2n) is 4.12. The van der Waals surface area contributed by atoms with Gasteiger partial charge >= 0.3 is 0 Å². The van der Waals surface area contributed by atoms with E-state index in [0.29, 0.717) is 13.2 Å². The molecule has 1 aromatic carbocycles. The van der Waals surface area contributed by atoms with E-state index in [4.69, 9.17) is 4.74 Å². The second kappa shape index (κ2) is 8.24. The number of hydrogen-bond donors (Lipinski definition) is 2. The fourth-order valence-electron chi connectivity index (χ4n) is 1.44. The third-order valence-corrected chi connectivity index (χ3v) is 2.97. The Morgan fingerprint density at radius 2 is 2.28 bits per heavy atom. The van der Waals surface area contributed by atoms with Gasteiger partial charge in [-0.1, -0.05) is 22.0 Å². The normalized spacial score (nSPS) is 12.2. The fourth-order valence-corrected chi connectivity index (χ4v) is 1.83. The van der Waals surface area contributed by atoms with Gasteiger partial charge in [0.1, 0.15) is 0 Å². The molecule has 0 heterocycles. The summed E-state index contributed by atoms with van der Waals surface area (Å²) >= 11 is 3.36. The molecule has 0 aliphatic heterocycles. The van der Waals surface area contributed by atoms with E-state index in [2.05, 4.69) is 26.6 Å². The first-order chi connectivity index (χ1) is 8.61. The number of carbonyl (C=O) groups is 1. The zero-order valence-electron chi connectivity index (χ0n) is 10.7. The van der Waals surface area contributed by atoms with Gasteiger partial charge in [-0.3, -0.25) is 4.79 Å². The van der Waals surface area contributed by atoms with Gasteiger partial charge in [0, 0.05) is 29.9 Å². The van der Waals surface area contributed by atoms with Crippen LogP contribution >= 0.6 is 15.9 Å². The van der Waals surface area contributed by atoms with E-state index in [-0.39, 0.29) is 11.9 Å². The first-order valence-corrected chi connectivity index (χ1v) is 6.69. The second-order valence-corrected chi connectivity index (χ2v) is 5.04. The summed E-state index contributed by atoms with van der Waals surface area (Å²) in [6.07, 6.45) is 0.890. The lowest BCUT2D eigenvalue weighted by atomic mass is 10.2. The first-order valence-electron chi connectivity index (χ1n) is 5.89. The molecule has 0 bridgehead atoms. The maximum Gasteiger partial charge on any atom is 0.238 e. The lowest BCUT2D eigenvalue weighted by molar-refractivity contribution is -0.115. The van der Waals surface area contributed by atoms with Crippen LogP contribution in [0.2, 0.25) is 0 Å². The van der Waals surface area contributed by atoms with Gasteiger partial charge in [0.25, 0.3) is 0 Å². The van der Waals surface area contributed by atoms with Crippen LogP contribution in [0.5, 0.6) is 0 Å². The minimum absolute atomic E-state index is 0.0441. The number of halogens is 1. The molecule has 0 saturated carbocycles. The number of benzene rings is 1. The SMILES string of the molecule is COCCC(C)NCC(=O)Nc1cccc(Br)c1. The van der Waals surface area contributed by atoms with Gasteiger partial charge in [-0.15, -0.1) is 0 Å². The first kappa shape index (κ1) is 15.1. The number of carbonyl (C=O) groups excluding carboxylic acids is 1. The van der Waals surface area contributed by atoms with E-state index < -0.39 is 0 Å². The lowest BCUT2D eigenvalue weighted by Gasteiger charge is -2.13. The van der Waals surface area contributed by atoms with Crippen LogP contribution in [0.3, 0.4) is 0 Å². The monoisotopic (exact) mass is 314 g/mol. The van der Waals surface area contributed by atoms with Crippen molar-refractivity contribution in [1.29, 1.82) is 0 Å². The van der Waals surface area contributed by atoms with Gasteiger partial charge in [0.05, 0.1) is 6.54 Å². The maximum absolute atomic E-state index is 11.7. The average Bonchev–Trinajstić information content (AvgIpc) is 2.34. The zero-order chi connectivity index (χ0) is 13.4. The summed E-state index contributed by atoms with van der Waals surface area (Å²) in [5.74, 6) is -0.0441. The van der Waals surface area contributed by atoms with Gasteiger partial charge in [-0.2, -0.15) is 0 Å². The van der Waals surface area contributed by atoms with Crippen molar-refractivity contribution in [2.75, 3.05) is 25.6 Å². The van der Waals surface area contributed by atoms with Crippen molar-refractivity contribution in [2.45, 2.75) is 19.4 Å². The Bertz CT molecular complexity index is 385. The minimum atomic E-state index is -0.0441. The molecular weight excluding hydrogens is 296 g/mol. The molecule has 0 fully saturated rings. The average molecular weight is 315 g/mol. The van der Waals surface area contributed by atoms with E-state index in [1.807, 2.05) is 31.2 Å². The summed E-state index contributed by atoms with van der Waals surface area (Å²) in [6, 6.07) is 7.79. The van der Waals surface area contributed by atoms with Crippen molar-refractivity contribution < 1.29 is 9.53 Å². The van der Waals surface area contributed by atoms with Gasteiger partial charge in [-0.05, 0) is 31.5 Å². The van der Waals surface area contributed by atoms with E-state index >= 15 is 0 Å². The van der Waals surface area contributed by atoms with Crippen LogP contribution in [0.25, 0.3) is 0 Å². The molecule has 0 aliphatic carbocycles. The van der Waals surface area contributed by atoms with Crippen LogP contribution in [-0.2, 0) is 9.53 Å². The Morgan fingerprint density at radius 1 is 1.50 bits per heavy atom. The number of anilines is 1. The topological polar surface area (TPSA) is 50.4 Å². The lowest BCUT2D eigenvalue weighted by Crippen LogP contribution is -2.35. The van der Waals surface area contributed by atoms with Crippen molar-refractivity contribution in [3.05, 3.63) is 28.7 Å². The Labute approximate surface area is 116 Å². The molecule has 1 unspecified atom stereocenters. The van der Waals surface area contributed by atoms with Crippen LogP contribution in [0.4, 0.5) is 5.69 Å². The van der Waals surface area contributed by atoms with Crippen molar-refractivity contribution in [2.24, 2.45) is 0 Å². The largest absolute Gasteiger partial charge is 0.385 e. The summed E-state index contributed by atoms with van der Waals surface area (Å²) in [5.41, 5.74) is 0.792. The predicted molar refractivity (Wildman–Crippen MR) is 76.7 cm³/mol. The molecule has 100 valence electrons. The number of amides is 1. The van der Waals surface area contributed by atoms with Crippen LogP contribution in [0, 0.1) is 0 Å². The standard InChI is InChI=1S/C13H19BrN2O2/c1-10(6-7-18-2)15-9-13(17)16-12-5-3-4-11(14)8-12/h3-5,8,10,15H,6-7,9H2,1-2H3,(H,16,17). The minimum Gasteiger partial charge on any atom is -0.385 e. The third-order valence-electron chi connectivity index (χ3n) is 2.47. The van der Waals surface area contributed by atoms with Crippen molar-refractivity contribution >= 4 is 27.5 Å². The predicted octanol–water partition coefficient (Wildman–Crippen LogP) is 2.40. The quantitative estimate of drug-likeness (QED) is 0.812.